The Morgan fingerprint density at radius 1 is 0.400 bits per heavy atom. The minimum atomic E-state index is -1.94. The van der Waals surface area contributed by atoms with Gasteiger partial charge in [0.25, 0.3) is 0 Å². The summed E-state index contributed by atoms with van der Waals surface area (Å²) in [7, 11) is 0. The van der Waals surface area contributed by atoms with Crippen LogP contribution >= 0.6 is 0 Å². The van der Waals surface area contributed by atoms with Crippen LogP contribution in [0, 0.1) is 0 Å². The van der Waals surface area contributed by atoms with E-state index in [0.717, 1.165) is 122 Å². The number of unbranched alkanes of at least 4 members (excludes halogenated alkanes) is 10. The maximum atomic E-state index is 13.2. The Balaban J connectivity index is 2.77. The Bertz CT molecular complexity index is 2130. The summed E-state index contributed by atoms with van der Waals surface area (Å²) in [6, 6.07) is 0. The number of carbonyl (C=O) groups excluding carboxylic acids is 3. The zero-order valence-electron chi connectivity index (χ0n) is 52.3. The van der Waals surface area contributed by atoms with E-state index < -0.39 is 67.3 Å². The number of hydrogen-bond acceptors (Lipinski definition) is 11. The number of ether oxygens (including phenoxy) is 5. The molecule has 0 bridgehead atoms. The third kappa shape index (κ3) is 48.0. The van der Waals surface area contributed by atoms with Gasteiger partial charge in [-0.1, -0.05) is 229 Å². The number of aliphatic carboxylic acids is 1. The Hall–Kier alpha value is -5.92. The predicted octanol–water partition coefficient (Wildman–Crippen LogP) is 17.5. The van der Waals surface area contributed by atoms with E-state index in [9.17, 15) is 34.5 Å². The van der Waals surface area contributed by atoms with Gasteiger partial charge in [-0.3, -0.25) is 14.4 Å². The molecule has 3 N–H and O–H groups in total. The molecule has 0 amide bonds. The molecule has 0 aromatic heterocycles. The van der Waals surface area contributed by atoms with Crippen molar-refractivity contribution in [2.45, 2.75) is 250 Å². The highest BCUT2D eigenvalue weighted by Gasteiger charge is 2.50. The van der Waals surface area contributed by atoms with Crippen LogP contribution < -0.4 is 0 Å². The lowest BCUT2D eigenvalue weighted by Gasteiger charge is -2.40. The summed E-state index contributed by atoms with van der Waals surface area (Å²) in [5.74, 6) is -3.36. The summed E-state index contributed by atoms with van der Waals surface area (Å²) in [5.41, 5.74) is 0. The fourth-order valence-electron chi connectivity index (χ4n) is 8.43. The number of aliphatic hydroxyl groups is 2. The van der Waals surface area contributed by atoms with Crippen molar-refractivity contribution in [3.05, 3.63) is 170 Å². The van der Waals surface area contributed by atoms with E-state index >= 15 is 0 Å². The maximum Gasteiger partial charge on any atom is 0.335 e. The largest absolute Gasteiger partial charge is 0.479 e. The topological polar surface area (TPSA) is 175 Å². The van der Waals surface area contributed by atoms with Crippen LogP contribution in [0.15, 0.2) is 170 Å². The molecule has 1 saturated heterocycles. The van der Waals surface area contributed by atoms with E-state index in [1.54, 1.807) is 0 Å². The van der Waals surface area contributed by atoms with Gasteiger partial charge in [-0.2, -0.15) is 0 Å². The molecule has 0 aromatic rings. The van der Waals surface area contributed by atoms with E-state index in [1.165, 1.54) is 19.3 Å². The molecule has 0 spiro atoms. The van der Waals surface area contributed by atoms with Gasteiger partial charge in [0.2, 0.25) is 0 Å². The molecule has 1 aliphatic rings. The molecule has 12 nitrogen and oxygen atoms in total. The number of aliphatic hydroxyl groups excluding tert-OH is 2. The molecule has 12 heteroatoms. The third-order valence-corrected chi connectivity index (χ3v) is 13.3. The third-order valence-electron chi connectivity index (χ3n) is 13.3. The number of carboxylic acids is 1. The van der Waals surface area contributed by atoms with Crippen molar-refractivity contribution < 1.29 is 58.2 Å². The van der Waals surface area contributed by atoms with Crippen LogP contribution in [0.1, 0.15) is 213 Å². The summed E-state index contributed by atoms with van der Waals surface area (Å²) >= 11 is 0. The standard InChI is InChI=1S/C73H110O12/c1-4-7-10-13-16-19-22-25-28-31-33-36-38-41-44-47-50-53-56-59-65(74)81-62-64(83-66(75)60-57-54-51-48-45-42-39-35-30-27-24-21-18-15-12-9-6-3)63-82-73-71(69(78)68(77)70(85-73)72(79)80)84-67(76)61-58-55-52-49-46-43-40-37-34-32-29-26-23-20-17-14-11-8-5-2/h7,9-10,12,16-21,25-30,33-34,36-37,39,41-42,44,48,50-51,53,64,68-71,73,77-78H,4-6,8,11,13-15,22-24,31-32,35,38,40,43,45-47,49,52,54-63H2,1-3H3,(H,79,80)/b10-7-,12-9-,19-16-,20-17-,21-18-,28-25-,29-26-,30-27-,36-33-,37-34-,42-39-,44-41-,51-48-,53-50-. The second-order valence-corrected chi connectivity index (χ2v) is 20.9. The molecule has 1 heterocycles. The van der Waals surface area contributed by atoms with Crippen molar-refractivity contribution in [3.8, 4) is 0 Å². The molecule has 1 aliphatic heterocycles. The number of hydrogen-bond donors (Lipinski definition) is 3. The van der Waals surface area contributed by atoms with Gasteiger partial charge < -0.3 is 39.0 Å². The Morgan fingerprint density at radius 2 is 0.776 bits per heavy atom. The monoisotopic (exact) mass is 1180 g/mol. The quantitative estimate of drug-likeness (QED) is 0.0228. The van der Waals surface area contributed by atoms with Crippen LogP contribution in [0.25, 0.3) is 0 Å². The van der Waals surface area contributed by atoms with Gasteiger partial charge in [0.05, 0.1) is 6.61 Å². The second kappa shape index (κ2) is 58.5. The van der Waals surface area contributed by atoms with Gasteiger partial charge in [0.15, 0.2) is 24.6 Å². The van der Waals surface area contributed by atoms with E-state index in [1.807, 2.05) is 24.3 Å². The molecule has 0 radical (unpaired) electrons. The van der Waals surface area contributed by atoms with Gasteiger partial charge >= 0.3 is 23.9 Å². The minimum Gasteiger partial charge on any atom is -0.479 e. The molecule has 474 valence electrons. The first-order valence-electron chi connectivity index (χ1n) is 32.1. The molecular formula is C73H110O12. The predicted molar refractivity (Wildman–Crippen MR) is 348 cm³/mol. The molecule has 0 aliphatic carbocycles. The first kappa shape index (κ1) is 77.1. The molecule has 1 rings (SSSR count). The van der Waals surface area contributed by atoms with Crippen LogP contribution in [-0.4, -0.2) is 89.2 Å². The first-order valence-corrected chi connectivity index (χ1v) is 32.1. The molecule has 6 atom stereocenters. The van der Waals surface area contributed by atoms with Crippen molar-refractivity contribution in [2.24, 2.45) is 0 Å². The summed E-state index contributed by atoms with van der Waals surface area (Å²) in [6.45, 7) is 5.61. The normalized spacial score (nSPS) is 18.6. The van der Waals surface area contributed by atoms with E-state index in [-0.39, 0.29) is 25.9 Å². The van der Waals surface area contributed by atoms with Crippen molar-refractivity contribution >= 4 is 23.9 Å². The summed E-state index contributed by atoms with van der Waals surface area (Å²) in [4.78, 5) is 51.3. The average molecular weight is 1180 g/mol. The highest BCUT2D eigenvalue weighted by Crippen LogP contribution is 2.26. The van der Waals surface area contributed by atoms with Crippen LogP contribution in [0.3, 0.4) is 0 Å². The lowest BCUT2D eigenvalue weighted by Crippen LogP contribution is -2.61. The Labute approximate surface area is 513 Å². The van der Waals surface area contributed by atoms with Gasteiger partial charge in [-0.05, 0) is 135 Å². The Kier molecular flexibility index (Phi) is 53.0. The summed E-state index contributed by atoms with van der Waals surface area (Å²) in [5, 5.41) is 31.6. The number of esters is 3. The highest BCUT2D eigenvalue weighted by atomic mass is 16.7. The van der Waals surface area contributed by atoms with Crippen LogP contribution in [0.4, 0.5) is 0 Å². The minimum absolute atomic E-state index is 0.0215. The number of carbonyl (C=O) groups is 4. The SMILES string of the molecule is CC/C=C\C/C=C\C/C=C\C/C=C\C/C=C\C/C=C\CCC(=O)OCC(COC1OC(C(=O)O)C(O)C(O)C1OC(=O)CCCCCCCC/C=C\C/C=C\C/C=C\CCCCC)OC(=O)CCC/C=C\C/C=C\C/C=C\C/C=C\C/C=C\CC. The maximum absolute atomic E-state index is 13.2. The van der Waals surface area contributed by atoms with Gasteiger partial charge in [-0.25, -0.2) is 4.79 Å². The van der Waals surface area contributed by atoms with E-state index in [2.05, 4.69) is 167 Å². The highest BCUT2D eigenvalue weighted by molar-refractivity contribution is 5.74. The Morgan fingerprint density at radius 3 is 1.21 bits per heavy atom. The smallest absolute Gasteiger partial charge is 0.335 e. The van der Waals surface area contributed by atoms with Gasteiger partial charge in [-0.15, -0.1) is 0 Å². The fourth-order valence-corrected chi connectivity index (χ4v) is 8.43. The van der Waals surface area contributed by atoms with Crippen molar-refractivity contribution in [1.82, 2.24) is 0 Å². The van der Waals surface area contributed by atoms with E-state index in [0.29, 0.717) is 32.1 Å². The molecule has 0 aromatic carbocycles. The van der Waals surface area contributed by atoms with Crippen LogP contribution in [0.5, 0.6) is 0 Å². The van der Waals surface area contributed by atoms with Gasteiger partial charge in [0, 0.05) is 19.3 Å². The average Bonchev–Trinajstić information content (AvgIpc) is 3.51. The number of carboxylic acid groups (broad SMARTS) is 1. The first-order chi connectivity index (χ1) is 41.6. The van der Waals surface area contributed by atoms with Crippen molar-refractivity contribution in [2.75, 3.05) is 13.2 Å². The zero-order valence-corrected chi connectivity index (χ0v) is 52.3. The lowest BCUT2D eigenvalue weighted by molar-refractivity contribution is -0.301. The van der Waals surface area contributed by atoms with Gasteiger partial charge in [0.1, 0.15) is 18.8 Å². The van der Waals surface area contributed by atoms with Crippen LogP contribution in [-0.2, 0) is 42.9 Å². The van der Waals surface area contributed by atoms with E-state index in [4.69, 9.17) is 23.7 Å². The van der Waals surface area contributed by atoms with Crippen LogP contribution in [0.2, 0.25) is 0 Å². The second-order valence-electron chi connectivity index (χ2n) is 20.9. The molecule has 85 heavy (non-hydrogen) atoms. The molecule has 1 fully saturated rings. The number of rotatable bonds is 52. The van der Waals surface area contributed by atoms with Crippen molar-refractivity contribution in [1.29, 1.82) is 0 Å². The number of allylic oxidation sites excluding steroid dienone is 28. The van der Waals surface area contributed by atoms with Crippen molar-refractivity contribution in [3.63, 3.8) is 0 Å². The summed E-state index contributed by atoms with van der Waals surface area (Å²) < 4.78 is 28.3. The molecule has 0 saturated carbocycles. The lowest BCUT2D eigenvalue weighted by atomic mass is 9.98. The summed E-state index contributed by atoms with van der Waals surface area (Å²) in [6.07, 6.45) is 74.7. The fraction of sp³-hybridized carbons (Fsp3) is 0.562. The molecular weight excluding hydrogens is 1070 g/mol. The zero-order chi connectivity index (χ0) is 61.7. The molecule has 6 unspecified atom stereocenters.